The number of halogens is 3. The first-order valence-electron chi connectivity index (χ1n) is 5.12. The van der Waals surface area contributed by atoms with E-state index in [4.69, 9.17) is 10.8 Å². The minimum Gasteiger partial charge on any atom is -0.480 e. The number of nitrogens with one attached hydrogen (secondary N) is 1. The molecule has 110 valence electrons. The number of carbonyl (C=O) groups excluding carboxylic acids is 2. The van der Waals surface area contributed by atoms with Crippen molar-refractivity contribution in [3.8, 4) is 0 Å². The monoisotopic (exact) mass is 285 g/mol. The van der Waals surface area contributed by atoms with Gasteiger partial charge in [0.25, 0.3) is 0 Å². The van der Waals surface area contributed by atoms with Crippen molar-refractivity contribution in [3.05, 3.63) is 0 Å². The van der Waals surface area contributed by atoms with Crippen LogP contribution in [-0.2, 0) is 9.59 Å². The first-order chi connectivity index (χ1) is 8.53. The van der Waals surface area contributed by atoms with E-state index < -0.39 is 36.7 Å². The van der Waals surface area contributed by atoms with E-state index in [0.29, 0.717) is 4.90 Å². The molecular weight excluding hydrogens is 271 g/mol. The molecular formula is C9H14F3N3O4. The van der Waals surface area contributed by atoms with Gasteiger partial charge in [0.15, 0.2) is 0 Å². The normalized spacial score (nSPS) is 12.6. The van der Waals surface area contributed by atoms with Crippen LogP contribution in [0.2, 0.25) is 0 Å². The number of nitrogens with two attached hydrogens (primary N) is 1. The summed E-state index contributed by atoms with van der Waals surface area (Å²) in [7, 11) is 0.871. The third-order valence-electron chi connectivity index (χ3n) is 2.04. The number of carbonyl (C=O) groups is 3. The number of hydrogen-bond donors (Lipinski definition) is 3. The Bertz CT molecular complexity index is 359. The zero-order valence-corrected chi connectivity index (χ0v) is 10.0. The molecule has 0 aliphatic rings. The molecule has 10 heteroatoms. The van der Waals surface area contributed by atoms with Crippen molar-refractivity contribution in [2.45, 2.75) is 25.1 Å². The van der Waals surface area contributed by atoms with E-state index in [1.165, 1.54) is 0 Å². The lowest BCUT2D eigenvalue weighted by Crippen LogP contribution is -2.49. The van der Waals surface area contributed by atoms with Gasteiger partial charge >= 0.3 is 18.2 Å². The summed E-state index contributed by atoms with van der Waals surface area (Å²) in [5.74, 6) is -2.24. The van der Waals surface area contributed by atoms with Gasteiger partial charge in [-0.1, -0.05) is 0 Å². The van der Waals surface area contributed by atoms with Gasteiger partial charge in [-0.05, 0) is 6.42 Å². The fourth-order valence-corrected chi connectivity index (χ4v) is 1.14. The first kappa shape index (κ1) is 17.0. The molecule has 0 bridgehead atoms. The van der Waals surface area contributed by atoms with E-state index in [0.717, 1.165) is 7.05 Å². The standard InChI is InChI=1S/C9H14F3N3O4/c1-15(4-9(10,11)12)8(19)14-5(7(17)18)2-3-6(13)16/h5H,2-4H2,1H3,(H2,13,16)(H,14,19)(H,17,18). The average Bonchev–Trinajstić information content (AvgIpc) is 2.20. The maximum atomic E-state index is 12.0. The molecule has 0 heterocycles. The van der Waals surface area contributed by atoms with E-state index in [9.17, 15) is 27.6 Å². The number of urea groups is 1. The van der Waals surface area contributed by atoms with Gasteiger partial charge in [0.05, 0.1) is 0 Å². The molecule has 0 saturated carbocycles. The fraction of sp³-hybridized carbons (Fsp3) is 0.667. The molecule has 1 atom stereocenters. The predicted molar refractivity (Wildman–Crippen MR) is 57.1 cm³/mol. The summed E-state index contributed by atoms with van der Waals surface area (Å²) in [6.45, 7) is -1.51. The zero-order chi connectivity index (χ0) is 15.2. The minimum atomic E-state index is -4.59. The number of carboxylic acid groups (broad SMARTS) is 1. The lowest BCUT2D eigenvalue weighted by molar-refractivity contribution is -0.140. The van der Waals surface area contributed by atoms with Crippen LogP contribution in [0.25, 0.3) is 0 Å². The van der Waals surface area contributed by atoms with Crippen LogP contribution in [-0.4, -0.2) is 53.7 Å². The summed E-state index contributed by atoms with van der Waals surface area (Å²) in [5.41, 5.74) is 4.81. The number of carboxylic acids is 1. The zero-order valence-electron chi connectivity index (χ0n) is 10.0. The van der Waals surface area contributed by atoms with Gasteiger partial charge in [-0.15, -0.1) is 0 Å². The Morgan fingerprint density at radius 2 is 1.89 bits per heavy atom. The van der Waals surface area contributed by atoms with Crippen LogP contribution in [0, 0.1) is 0 Å². The minimum absolute atomic E-state index is 0.292. The van der Waals surface area contributed by atoms with Crippen molar-refractivity contribution in [1.82, 2.24) is 10.2 Å². The summed E-state index contributed by atoms with van der Waals surface area (Å²) in [6.07, 6.45) is -5.19. The molecule has 0 radical (unpaired) electrons. The second-order valence-corrected chi connectivity index (χ2v) is 3.82. The number of amides is 3. The van der Waals surface area contributed by atoms with Crippen molar-refractivity contribution < 1.29 is 32.7 Å². The molecule has 0 rings (SSSR count). The number of aliphatic carboxylic acids is 1. The summed E-state index contributed by atoms with van der Waals surface area (Å²) < 4.78 is 36.1. The van der Waals surface area contributed by atoms with E-state index >= 15 is 0 Å². The van der Waals surface area contributed by atoms with Gasteiger partial charge in [0.2, 0.25) is 5.91 Å². The van der Waals surface area contributed by atoms with Gasteiger partial charge in [-0.3, -0.25) is 4.79 Å². The van der Waals surface area contributed by atoms with Crippen molar-refractivity contribution >= 4 is 17.9 Å². The van der Waals surface area contributed by atoms with Crippen LogP contribution in [0.4, 0.5) is 18.0 Å². The average molecular weight is 285 g/mol. The van der Waals surface area contributed by atoms with Crippen molar-refractivity contribution in [3.63, 3.8) is 0 Å². The van der Waals surface area contributed by atoms with Gasteiger partial charge in [-0.2, -0.15) is 13.2 Å². The third kappa shape index (κ3) is 7.84. The molecule has 0 aromatic rings. The molecule has 0 aliphatic carbocycles. The van der Waals surface area contributed by atoms with Gasteiger partial charge in [0, 0.05) is 13.5 Å². The number of hydrogen-bond acceptors (Lipinski definition) is 3. The molecule has 0 aliphatic heterocycles. The van der Waals surface area contributed by atoms with Crippen molar-refractivity contribution in [1.29, 1.82) is 0 Å². The highest BCUT2D eigenvalue weighted by Gasteiger charge is 2.32. The van der Waals surface area contributed by atoms with E-state index in [1.807, 2.05) is 5.32 Å². The van der Waals surface area contributed by atoms with Crippen LogP contribution in [0.1, 0.15) is 12.8 Å². The summed E-state index contributed by atoms with van der Waals surface area (Å²) >= 11 is 0. The molecule has 0 spiro atoms. The lowest BCUT2D eigenvalue weighted by atomic mass is 10.1. The highest BCUT2D eigenvalue weighted by atomic mass is 19.4. The fourth-order valence-electron chi connectivity index (χ4n) is 1.14. The SMILES string of the molecule is CN(CC(F)(F)F)C(=O)NC(CCC(N)=O)C(=O)O. The van der Waals surface area contributed by atoms with Gasteiger partial charge in [-0.25, -0.2) is 9.59 Å². The van der Waals surface area contributed by atoms with Gasteiger partial charge in [0.1, 0.15) is 12.6 Å². The quantitative estimate of drug-likeness (QED) is 0.633. The number of alkyl halides is 3. The summed E-state index contributed by atoms with van der Waals surface area (Å²) in [6, 6.07) is -2.68. The smallest absolute Gasteiger partial charge is 0.406 e. The number of nitrogens with zero attached hydrogens (tertiary/aromatic N) is 1. The maximum absolute atomic E-state index is 12.0. The Kier molecular flexibility index (Phi) is 6.09. The summed E-state index contributed by atoms with van der Waals surface area (Å²) in [5, 5.41) is 10.6. The molecule has 3 amide bonds. The second-order valence-electron chi connectivity index (χ2n) is 3.82. The molecule has 0 saturated heterocycles. The molecule has 0 aromatic carbocycles. The Balaban J connectivity index is 4.46. The molecule has 19 heavy (non-hydrogen) atoms. The topological polar surface area (TPSA) is 113 Å². The maximum Gasteiger partial charge on any atom is 0.406 e. The summed E-state index contributed by atoms with van der Waals surface area (Å²) in [4.78, 5) is 32.8. The van der Waals surface area contributed by atoms with Crippen LogP contribution < -0.4 is 11.1 Å². The lowest BCUT2D eigenvalue weighted by Gasteiger charge is -2.22. The molecule has 7 nitrogen and oxygen atoms in total. The van der Waals surface area contributed by atoms with Crippen molar-refractivity contribution in [2.75, 3.05) is 13.6 Å². The Morgan fingerprint density at radius 1 is 1.37 bits per heavy atom. The Labute approximate surface area is 106 Å². The second kappa shape index (κ2) is 6.81. The van der Waals surface area contributed by atoms with Crippen LogP contribution in [0.3, 0.4) is 0 Å². The van der Waals surface area contributed by atoms with E-state index in [1.54, 1.807) is 0 Å². The van der Waals surface area contributed by atoms with E-state index in [-0.39, 0.29) is 12.8 Å². The Hall–Kier alpha value is -2.00. The Morgan fingerprint density at radius 3 is 2.26 bits per heavy atom. The highest BCUT2D eigenvalue weighted by molar-refractivity contribution is 5.83. The van der Waals surface area contributed by atoms with Crippen molar-refractivity contribution in [2.24, 2.45) is 5.73 Å². The van der Waals surface area contributed by atoms with Crippen LogP contribution in [0.15, 0.2) is 0 Å². The highest BCUT2D eigenvalue weighted by Crippen LogP contribution is 2.15. The van der Waals surface area contributed by atoms with Crippen LogP contribution >= 0.6 is 0 Å². The molecule has 4 N–H and O–H groups in total. The number of rotatable bonds is 6. The first-order valence-corrected chi connectivity index (χ1v) is 5.12. The molecule has 0 aromatic heterocycles. The predicted octanol–water partition coefficient (Wildman–Crippen LogP) is -0.0912. The molecule has 1 unspecified atom stereocenters. The number of primary amides is 1. The largest absolute Gasteiger partial charge is 0.480 e. The third-order valence-corrected chi connectivity index (χ3v) is 2.04. The van der Waals surface area contributed by atoms with E-state index in [2.05, 4.69) is 0 Å². The van der Waals surface area contributed by atoms with Crippen LogP contribution in [0.5, 0.6) is 0 Å². The molecule has 0 fully saturated rings. The van der Waals surface area contributed by atoms with Gasteiger partial charge < -0.3 is 21.1 Å².